The van der Waals surface area contributed by atoms with E-state index in [9.17, 15) is 35.9 Å². The van der Waals surface area contributed by atoms with Gasteiger partial charge < -0.3 is 15.0 Å². The average molecular weight is 615 g/mol. The normalized spacial score (nSPS) is 14.0. The van der Waals surface area contributed by atoms with E-state index in [-0.39, 0.29) is 36.9 Å². The fraction of sp³-hybridized carbons (Fsp3) is 0.321. The number of halogens is 6. The first-order chi connectivity index (χ1) is 19.7. The van der Waals surface area contributed by atoms with Gasteiger partial charge in [0.25, 0.3) is 0 Å². The van der Waals surface area contributed by atoms with Crippen molar-refractivity contribution in [3.8, 4) is 0 Å². The Morgan fingerprint density at radius 3 is 2.19 bits per heavy atom. The van der Waals surface area contributed by atoms with E-state index in [1.807, 2.05) is 25.6 Å². The molecule has 3 aromatic rings. The molecule has 0 aliphatic carbocycles. The standard InChI is InChI=1S/C22H18F6N2O3S.C6H10N2/c23-21(24,25)19-14(5-7-18(32)30-8-10-33-11-9-30)4-6-17(20(19)22(26,27)28)34-16-3-1-2-15(12-16)29-13-31;1-5-4-6(2)8(3)7-5/h1-7,12-13H,8-11H2,(H,29,31);4H,1-3H3/b7-5+;. The molecule has 0 radical (unpaired) electrons. The number of carbonyl (C=O) groups excluding carboxylic acids is 2. The highest BCUT2D eigenvalue weighted by atomic mass is 32.2. The van der Waals surface area contributed by atoms with Crippen molar-refractivity contribution < 1.29 is 40.7 Å². The summed E-state index contributed by atoms with van der Waals surface area (Å²) in [5.74, 6) is -0.622. The minimum absolute atomic E-state index is 0.191. The van der Waals surface area contributed by atoms with Gasteiger partial charge in [-0.25, -0.2) is 0 Å². The van der Waals surface area contributed by atoms with Crippen molar-refractivity contribution in [1.29, 1.82) is 0 Å². The monoisotopic (exact) mass is 614 g/mol. The molecule has 0 saturated carbocycles. The highest BCUT2D eigenvalue weighted by Crippen LogP contribution is 2.48. The second-order valence-electron chi connectivity index (χ2n) is 9.11. The van der Waals surface area contributed by atoms with E-state index < -0.39 is 39.8 Å². The number of alkyl halides is 6. The van der Waals surface area contributed by atoms with Gasteiger partial charge in [0.05, 0.1) is 30.0 Å². The van der Waals surface area contributed by atoms with Crippen LogP contribution < -0.4 is 5.32 Å². The summed E-state index contributed by atoms with van der Waals surface area (Å²) in [5.41, 5.74) is -1.93. The van der Waals surface area contributed by atoms with E-state index in [0.29, 0.717) is 18.2 Å². The van der Waals surface area contributed by atoms with Crippen LogP contribution in [0.1, 0.15) is 28.1 Å². The third-order valence-corrected chi connectivity index (χ3v) is 7.07. The molecule has 42 heavy (non-hydrogen) atoms. The molecule has 2 amide bonds. The van der Waals surface area contributed by atoms with Crippen LogP contribution in [0.2, 0.25) is 0 Å². The number of morpholine rings is 1. The molecule has 1 aliphatic heterocycles. The number of rotatable bonds is 6. The summed E-state index contributed by atoms with van der Waals surface area (Å²) in [7, 11) is 1.95. The maximum Gasteiger partial charge on any atom is 0.418 e. The Kier molecular flexibility index (Phi) is 10.9. The third-order valence-electron chi connectivity index (χ3n) is 6.02. The summed E-state index contributed by atoms with van der Waals surface area (Å²) in [6.07, 6.45) is -8.73. The van der Waals surface area contributed by atoms with Crippen molar-refractivity contribution >= 4 is 35.8 Å². The lowest BCUT2D eigenvalue weighted by molar-refractivity contribution is -0.163. The minimum Gasteiger partial charge on any atom is -0.378 e. The summed E-state index contributed by atoms with van der Waals surface area (Å²) < 4.78 is 90.4. The molecular formula is C28H28F6N4O3S. The predicted molar refractivity (Wildman–Crippen MR) is 146 cm³/mol. The highest BCUT2D eigenvalue weighted by molar-refractivity contribution is 7.99. The van der Waals surface area contributed by atoms with E-state index >= 15 is 0 Å². The number of nitrogens with one attached hydrogen (secondary N) is 1. The molecule has 226 valence electrons. The molecule has 7 nitrogen and oxygen atoms in total. The molecule has 2 heterocycles. The summed E-state index contributed by atoms with van der Waals surface area (Å²) in [5, 5.41) is 6.46. The first kappa shape index (κ1) is 32.7. The molecule has 0 atom stereocenters. The zero-order valence-electron chi connectivity index (χ0n) is 22.8. The Morgan fingerprint density at radius 1 is 1.00 bits per heavy atom. The van der Waals surface area contributed by atoms with Crippen molar-refractivity contribution in [2.75, 3.05) is 31.6 Å². The summed E-state index contributed by atoms with van der Waals surface area (Å²) >= 11 is 0.478. The number of amides is 2. The van der Waals surface area contributed by atoms with Crippen LogP contribution in [0, 0.1) is 13.8 Å². The largest absolute Gasteiger partial charge is 0.418 e. The molecule has 0 bridgehead atoms. The van der Waals surface area contributed by atoms with Gasteiger partial charge >= 0.3 is 12.4 Å². The number of hydrogen-bond donors (Lipinski definition) is 1. The van der Waals surface area contributed by atoms with Gasteiger partial charge in [-0.3, -0.25) is 14.3 Å². The predicted octanol–water partition coefficient (Wildman–Crippen LogP) is 6.35. The molecule has 1 aliphatic rings. The summed E-state index contributed by atoms with van der Waals surface area (Å²) in [6.45, 7) is 5.03. The number of anilines is 1. The van der Waals surface area contributed by atoms with Crippen molar-refractivity contribution in [3.63, 3.8) is 0 Å². The van der Waals surface area contributed by atoms with Gasteiger partial charge in [-0.05, 0) is 55.8 Å². The topological polar surface area (TPSA) is 76.5 Å². The zero-order valence-corrected chi connectivity index (χ0v) is 23.7. The minimum atomic E-state index is -5.34. The van der Waals surface area contributed by atoms with Crippen LogP contribution in [0.15, 0.2) is 58.3 Å². The lowest BCUT2D eigenvalue weighted by atomic mass is 9.99. The Labute approximate surface area is 242 Å². The van der Waals surface area contributed by atoms with Crippen LogP contribution in [-0.4, -0.2) is 53.3 Å². The SMILES string of the molecule is Cc1cc(C)n(C)n1.O=CNc1cccc(Sc2ccc(/C=C/C(=O)N3CCOCC3)c(C(F)(F)F)c2C(F)(F)F)c1. The maximum absolute atomic E-state index is 13.9. The smallest absolute Gasteiger partial charge is 0.378 e. The van der Waals surface area contributed by atoms with E-state index in [1.165, 1.54) is 34.9 Å². The van der Waals surface area contributed by atoms with Gasteiger partial charge in [0.2, 0.25) is 12.3 Å². The fourth-order valence-electron chi connectivity index (χ4n) is 4.05. The lowest BCUT2D eigenvalue weighted by Crippen LogP contribution is -2.39. The van der Waals surface area contributed by atoms with Gasteiger partial charge in [-0.2, -0.15) is 31.4 Å². The van der Waals surface area contributed by atoms with Crippen LogP contribution >= 0.6 is 11.8 Å². The third kappa shape index (κ3) is 8.86. The first-order valence-electron chi connectivity index (χ1n) is 12.5. The molecule has 1 saturated heterocycles. The van der Waals surface area contributed by atoms with E-state index in [4.69, 9.17) is 4.74 Å². The van der Waals surface area contributed by atoms with Crippen LogP contribution in [0.5, 0.6) is 0 Å². The molecule has 1 fully saturated rings. The van der Waals surface area contributed by atoms with Crippen molar-refractivity contribution in [1.82, 2.24) is 14.7 Å². The molecule has 0 unspecified atom stereocenters. The number of aryl methyl sites for hydroxylation is 3. The molecule has 4 rings (SSSR count). The first-order valence-corrected chi connectivity index (χ1v) is 13.3. The quantitative estimate of drug-likeness (QED) is 0.199. The molecule has 2 aromatic carbocycles. The number of benzene rings is 2. The van der Waals surface area contributed by atoms with Crippen LogP contribution in [0.4, 0.5) is 32.0 Å². The van der Waals surface area contributed by atoms with Crippen molar-refractivity contribution in [2.45, 2.75) is 36.0 Å². The second-order valence-corrected chi connectivity index (χ2v) is 10.2. The Morgan fingerprint density at radius 2 is 1.67 bits per heavy atom. The van der Waals surface area contributed by atoms with Gasteiger partial charge in [0, 0.05) is 47.4 Å². The summed E-state index contributed by atoms with van der Waals surface area (Å²) in [4.78, 5) is 23.7. The molecule has 1 aromatic heterocycles. The lowest BCUT2D eigenvalue weighted by Gasteiger charge is -2.25. The van der Waals surface area contributed by atoms with Gasteiger partial charge in [0.15, 0.2) is 0 Å². The molecule has 1 N–H and O–H groups in total. The maximum atomic E-state index is 13.9. The Bertz CT molecular complexity index is 1410. The van der Waals surface area contributed by atoms with Crippen LogP contribution in [0.3, 0.4) is 0 Å². The zero-order chi connectivity index (χ0) is 31.1. The number of hydrogen-bond acceptors (Lipinski definition) is 5. The fourth-order valence-corrected chi connectivity index (χ4v) is 5.09. The van der Waals surface area contributed by atoms with Crippen LogP contribution in [-0.2, 0) is 33.7 Å². The van der Waals surface area contributed by atoms with Crippen LogP contribution in [0.25, 0.3) is 6.08 Å². The van der Waals surface area contributed by atoms with E-state index in [0.717, 1.165) is 30.0 Å². The van der Waals surface area contributed by atoms with Crippen molar-refractivity contribution in [2.24, 2.45) is 7.05 Å². The number of carbonyl (C=O) groups is 2. The average Bonchev–Trinajstić information content (AvgIpc) is 3.21. The van der Waals surface area contributed by atoms with Gasteiger partial charge in [-0.15, -0.1) is 0 Å². The van der Waals surface area contributed by atoms with E-state index in [1.54, 1.807) is 0 Å². The summed E-state index contributed by atoms with van der Waals surface area (Å²) in [6, 6.07) is 9.55. The Hall–Kier alpha value is -3.78. The number of ether oxygens (including phenoxy) is 1. The molecule has 14 heteroatoms. The number of aromatic nitrogens is 2. The van der Waals surface area contributed by atoms with Crippen molar-refractivity contribution in [3.05, 3.63) is 76.6 Å². The second kappa shape index (κ2) is 13.9. The number of nitrogens with zero attached hydrogens (tertiary/aromatic N) is 3. The van der Waals surface area contributed by atoms with Gasteiger partial charge in [0.1, 0.15) is 0 Å². The van der Waals surface area contributed by atoms with E-state index in [2.05, 4.69) is 16.5 Å². The molecular weight excluding hydrogens is 586 g/mol. The molecule has 0 spiro atoms. The highest BCUT2D eigenvalue weighted by Gasteiger charge is 2.46. The Balaban J connectivity index is 0.000000521. The van der Waals surface area contributed by atoms with Gasteiger partial charge in [-0.1, -0.05) is 23.9 Å².